The van der Waals surface area contributed by atoms with Crippen LogP contribution in [0.4, 0.5) is 4.79 Å². The lowest BCUT2D eigenvalue weighted by molar-refractivity contribution is 0.156. The first kappa shape index (κ1) is 18.6. The normalized spacial score (nSPS) is 16.5. The number of likely N-dealkylation sites (tertiary alicyclic amines) is 1. The molecule has 2 aromatic heterocycles. The van der Waals surface area contributed by atoms with E-state index in [1.165, 1.54) is 11.3 Å². The lowest BCUT2D eigenvalue weighted by Crippen LogP contribution is -2.39. The Morgan fingerprint density at radius 1 is 1.29 bits per heavy atom. The van der Waals surface area contributed by atoms with Gasteiger partial charge >= 0.3 is 6.03 Å². The van der Waals surface area contributed by atoms with Crippen LogP contribution in [-0.4, -0.2) is 34.8 Å². The van der Waals surface area contributed by atoms with Crippen LogP contribution in [-0.2, 0) is 17.9 Å². The second-order valence-electron chi connectivity index (χ2n) is 6.61. The highest BCUT2D eigenvalue weighted by molar-refractivity contribution is 7.14. The Kier molecular flexibility index (Phi) is 5.68. The zero-order valence-corrected chi connectivity index (χ0v) is 16.4. The molecule has 0 saturated carbocycles. The highest BCUT2D eigenvalue weighted by Crippen LogP contribution is 2.33. The molecule has 4 rings (SSSR count). The average Bonchev–Trinajstić information content (AvgIpc) is 3.47. The van der Waals surface area contributed by atoms with Gasteiger partial charge in [0, 0.05) is 19.2 Å². The summed E-state index contributed by atoms with van der Waals surface area (Å²) in [5.74, 6) is 1.58. The van der Waals surface area contributed by atoms with Crippen LogP contribution < -0.4 is 5.32 Å². The molecular formula is C20H22N4O3S. The summed E-state index contributed by atoms with van der Waals surface area (Å²) in [6, 6.07) is 13.6. The van der Waals surface area contributed by atoms with Crippen LogP contribution in [0.1, 0.15) is 35.4 Å². The summed E-state index contributed by atoms with van der Waals surface area (Å²) in [6.07, 6.45) is 1.85. The molecule has 8 heteroatoms. The Morgan fingerprint density at radius 3 is 2.96 bits per heavy atom. The number of hydrogen-bond donors (Lipinski definition) is 1. The fourth-order valence-electron chi connectivity index (χ4n) is 3.37. The number of urea groups is 1. The molecule has 2 amide bonds. The first-order valence-corrected chi connectivity index (χ1v) is 10.1. The molecule has 0 bridgehead atoms. The molecule has 1 aromatic carbocycles. The fourth-order valence-corrected chi connectivity index (χ4v) is 4.16. The van der Waals surface area contributed by atoms with Crippen molar-refractivity contribution in [1.29, 1.82) is 0 Å². The Bertz CT molecular complexity index is 924. The zero-order chi connectivity index (χ0) is 19.3. The van der Waals surface area contributed by atoms with Crippen LogP contribution in [0.25, 0.3) is 10.6 Å². The Morgan fingerprint density at radius 2 is 2.14 bits per heavy atom. The van der Waals surface area contributed by atoms with Gasteiger partial charge in [0.05, 0.1) is 12.6 Å². The van der Waals surface area contributed by atoms with E-state index in [0.29, 0.717) is 19.7 Å². The number of amides is 2. The molecule has 1 N–H and O–H groups in total. The van der Waals surface area contributed by atoms with Gasteiger partial charge < -0.3 is 19.4 Å². The molecule has 1 saturated heterocycles. The van der Waals surface area contributed by atoms with Crippen LogP contribution in [0.5, 0.6) is 0 Å². The number of nitrogens with one attached hydrogen (secondary N) is 1. The smallest absolute Gasteiger partial charge is 0.318 e. The number of furan rings is 1. The molecule has 1 atom stereocenters. The third kappa shape index (κ3) is 4.07. The van der Waals surface area contributed by atoms with Crippen molar-refractivity contribution >= 4 is 17.4 Å². The fraction of sp³-hybridized carbons (Fsp3) is 0.350. The maximum absolute atomic E-state index is 12.7. The summed E-state index contributed by atoms with van der Waals surface area (Å²) >= 11 is 1.49. The van der Waals surface area contributed by atoms with Gasteiger partial charge in [0.25, 0.3) is 0 Å². The number of ether oxygens (including phenoxy) is 1. The van der Waals surface area contributed by atoms with Gasteiger partial charge in [0.15, 0.2) is 0 Å². The van der Waals surface area contributed by atoms with Gasteiger partial charge in [-0.25, -0.2) is 4.79 Å². The van der Waals surface area contributed by atoms with E-state index in [-0.39, 0.29) is 12.1 Å². The van der Waals surface area contributed by atoms with Crippen molar-refractivity contribution in [2.45, 2.75) is 32.0 Å². The molecule has 7 nitrogen and oxygen atoms in total. The third-order valence-corrected chi connectivity index (χ3v) is 5.66. The van der Waals surface area contributed by atoms with Crippen LogP contribution in [0.3, 0.4) is 0 Å². The standard InChI is InChI=1S/C20H22N4O3S/c1-26-13-15-9-10-17(27-15)16-8-5-11-24(16)20(25)21-12-18-22-23-19(28-18)14-6-3-2-4-7-14/h2-4,6-7,9-10,16H,5,8,11-13H2,1H3,(H,21,25). The first-order chi connectivity index (χ1) is 13.7. The van der Waals surface area contributed by atoms with Gasteiger partial charge in [-0.2, -0.15) is 0 Å². The third-order valence-electron chi connectivity index (χ3n) is 4.69. The number of aromatic nitrogens is 2. The first-order valence-electron chi connectivity index (χ1n) is 9.24. The van der Waals surface area contributed by atoms with Crippen LogP contribution in [0, 0.1) is 0 Å². The van der Waals surface area contributed by atoms with Crippen LogP contribution >= 0.6 is 11.3 Å². The minimum atomic E-state index is -0.108. The highest BCUT2D eigenvalue weighted by atomic mass is 32.1. The minimum absolute atomic E-state index is 0.0418. The van der Waals surface area contributed by atoms with Gasteiger partial charge in [0.2, 0.25) is 0 Å². The molecule has 28 heavy (non-hydrogen) atoms. The topological polar surface area (TPSA) is 80.5 Å². The summed E-state index contributed by atoms with van der Waals surface area (Å²) in [6.45, 7) is 1.50. The lowest BCUT2D eigenvalue weighted by Gasteiger charge is -2.23. The van der Waals surface area contributed by atoms with Crippen molar-refractivity contribution in [3.63, 3.8) is 0 Å². The number of nitrogens with zero attached hydrogens (tertiary/aromatic N) is 3. The quantitative estimate of drug-likeness (QED) is 0.679. The van der Waals surface area contributed by atoms with Gasteiger partial charge in [-0.05, 0) is 25.0 Å². The summed E-state index contributed by atoms with van der Waals surface area (Å²) in [4.78, 5) is 14.5. The molecule has 3 aromatic rings. The van der Waals surface area contributed by atoms with Crippen molar-refractivity contribution in [2.24, 2.45) is 0 Å². The van der Waals surface area contributed by atoms with E-state index in [0.717, 1.165) is 39.9 Å². The summed E-state index contributed by atoms with van der Waals surface area (Å²) < 4.78 is 10.9. The van der Waals surface area contributed by atoms with Crippen molar-refractivity contribution < 1.29 is 13.9 Å². The number of hydrogen-bond acceptors (Lipinski definition) is 6. The molecule has 1 unspecified atom stereocenters. The largest absolute Gasteiger partial charge is 0.461 e. The van der Waals surface area contributed by atoms with Gasteiger partial charge in [0.1, 0.15) is 28.1 Å². The predicted molar refractivity (Wildman–Crippen MR) is 106 cm³/mol. The lowest BCUT2D eigenvalue weighted by atomic mass is 10.2. The second kappa shape index (κ2) is 8.53. The van der Waals surface area contributed by atoms with E-state index in [2.05, 4.69) is 15.5 Å². The molecule has 0 aliphatic carbocycles. The van der Waals surface area contributed by atoms with Crippen molar-refractivity contribution in [2.75, 3.05) is 13.7 Å². The number of carbonyl (C=O) groups is 1. The SMILES string of the molecule is COCc1ccc(C2CCCN2C(=O)NCc2nnc(-c3ccccc3)s2)o1. The van der Waals surface area contributed by atoms with E-state index < -0.39 is 0 Å². The van der Waals surface area contributed by atoms with E-state index >= 15 is 0 Å². The number of rotatable bonds is 6. The second-order valence-corrected chi connectivity index (χ2v) is 7.68. The molecule has 0 spiro atoms. The van der Waals surface area contributed by atoms with Crippen molar-refractivity contribution in [3.05, 3.63) is 59.0 Å². The Balaban J connectivity index is 1.37. The van der Waals surface area contributed by atoms with Gasteiger partial charge in [-0.15, -0.1) is 10.2 Å². The number of methoxy groups -OCH3 is 1. The van der Waals surface area contributed by atoms with Crippen molar-refractivity contribution in [1.82, 2.24) is 20.4 Å². The van der Waals surface area contributed by atoms with Gasteiger partial charge in [-0.1, -0.05) is 41.7 Å². The Hall–Kier alpha value is -2.71. The van der Waals surface area contributed by atoms with Crippen LogP contribution in [0.2, 0.25) is 0 Å². The van der Waals surface area contributed by atoms with E-state index in [9.17, 15) is 4.79 Å². The molecule has 146 valence electrons. The molecule has 1 aliphatic rings. The minimum Gasteiger partial charge on any atom is -0.461 e. The monoisotopic (exact) mass is 398 g/mol. The molecular weight excluding hydrogens is 376 g/mol. The highest BCUT2D eigenvalue weighted by Gasteiger charge is 2.32. The molecule has 3 heterocycles. The van der Waals surface area contributed by atoms with E-state index in [1.807, 2.05) is 47.4 Å². The zero-order valence-electron chi connectivity index (χ0n) is 15.6. The summed E-state index contributed by atoms with van der Waals surface area (Å²) in [5, 5.41) is 13.0. The van der Waals surface area contributed by atoms with Crippen LogP contribution in [0.15, 0.2) is 46.9 Å². The molecule has 1 fully saturated rings. The summed E-state index contributed by atoms with van der Waals surface area (Å²) in [5.41, 5.74) is 1.03. The summed E-state index contributed by atoms with van der Waals surface area (Å²) in [7, 11) is 1.63. The molecule has 1 aliphatic heterocycles. The maximum Gasteiger partial charge on any atom is 0.318 e. The number of carbonyl (C=O) groups excluding carboxylic acids is 1. The maximum atomic E-state index is 12.7. The Labute approximate surface area is 167 Å². The van der Waals surface area contributed by atoms with E-state index in [1.54, 1.807) is 7.11 Å². The predicted octanol–water partition coefficient (Wildman–Crippen LogP) is 3.99. The van der Waals surface area contributed by atoms with Crippen molar-refractivity contribution in [3.8, 4) is 10.6 Å². The average molecular weight is 398 g/mol. The number of benzene rings is 1. The molecule has 0 radical (unpaired) electrons. The van der Waals surface area contributed by atoms with Gasteiger partial charge in [-0.3, -0.25) is 0 Å². The van der Waals surface area contributed by atoms with E-state index in [4.69, 9.17) is 9.15 Å².